The van der Waals surface area contributed by atoms with Crippen LogP contribution in [-0.2, 0) is 44.9 Å². The Kier molecular flexibility index (Phi) is 13.6. The molecule has 0 aliphatic rings. The van der Waals surface area contributed by atoms with Crippen molar-refractivity contribution in [3.63, 3.8) is 0 Å². The lowest BCUT2D eigenvalue weighted by atomic mass is 9.99. The molecule has 54 heavy (non-hydrogen) atoms. The summed E-state index contributed by atoms with van der Waals surface area (Å²) >= 11 is 0. The van der Waals surface area contributed by atoms with Crippen LogP contribution in [0.1, 0.15) is 22.3 Å². The van der Waals surface area contributed by atoms with E-state index >= 15 is 0 Å². The van der Waals surface area contributed by atoms with Gasteiger partial charge in [0.1, 0.15) is 23.6 Å². The van der Waals surface area contributed by atoms with Crippen LogP contribution in [0, 0.1) is 0 Å². The summed E-state index contributed by atoms with van der Waals surface area (Å²) in [6.07, 6.45) is 0.469. The molecule has 2 atom stereocenters. The summed E-state index contributed by atoms with van der Waals surface area (Å²) in [6.45, 7) is 0. The minimum absolute atomic E-state index is 0.0547. The molecule has 4 amide bonds. The molecule has 0 saturated carbocycles. The van der Waals surface area contributed by atoms with Crippen LogP contribution in [0.25, 0.3) is 0 Å². The molecule has 0 spiro atoms. The Balaban J connectivity index is 1.30. The zero-order chi connectivity index (χ0) is 38.5. The first-order valence-electron chi connectivity index (χ1n) is 17.7. The first-order valence-corrected chi connectivity index (χ1v) is 17.7. The van der Waals surface area contributed by atoms with E-state index in [0.29, 0.717) is 34.0 Å². The molecule has 0 aliphatic carbocycles. The largest absolute Gasteiger partial charge is 0.497 e. The molecule has 0 heterocycles. The average Bonchev–Trinajstić information content (AvgIpc) is 3.20. The minimum atomic E-state index is -0.852. The second-order valence-electron chi connectivity index (χ2n) is 12.9. The van der Waals surface area contributed by atoms with Gasteiger partial charge in [-0.15, -0.1) is 0 Å². The van der Waals surface area contributed by atoms with Crippen LogP contribution in [0.4, 0.5) is 11.4 Å². The molecule has 0 fully saturated rings. The van der Waals surface area contributed by atoms with Crippen molar-refractivity contribution in [2.45, 2.75) is 37.8 Å². The van der Waals surface area contributed by atoms with E-state index in [1.807, 2.05) is 60.7 Å². The van der Waals surface area contributed by atoms with Gasteiger partial charge in [0.25, 0.3) is 0 Å². The molecule has 5 aromatic carbocycles. The number of methoxy groups -OCH3 is 2. The van der Waals surface area contributed by atoms with E-state index in [1.165, 1.54) is 9.80 Å². The molecule has 5 aromatic rings. The van der Waals surface area contributed by atoms with Gasteiger partial charge in [-0.2, -0.15) is 0 Å². The van der Waals surface area contributed by atoms with Crippen molar-refractivity contribution in [1.82, 2.24) is 10.6 Å². The zero-order valence-corrected chi connectivity index (χ0v) is 31.0. The Morgan fingerprint density at radius 2 is 0.833 bits per heavy atom. The number of carbonyl (C=O) groups excluding carboxylic acids is 4. The lowest BCUT2D eigenvalue weighted by Crippen LogP contribution is -2.49. The van der Waals surface area contributed by atoms with Crippen molar-refractivity contribution in [2.75, 3.05) is 38.1 Å². The Morgan fingerprint density at radius 1 is 0.500 bits per heavy atom. The van der Waals surface area contributed by atoms with E-state index in [4.69, 9.17) is 9.47 Å². The molecule has 10 nitrogen and oxygen atoms in total. The highest BCUT2D eigenvalue weighted by Gasteiger charge is 2.28. The maximum Gasteiger partial charge on any atom is 0.249 e. The third kappa shape index (κ3) is 10.6. The number of likely N-dealkylation sites (N-methyl/N-ethyl adjacent to an activating group) is 2. The summed E-state index contributed by atoms with van der Waals surface area (Å²) in [5, 5.41) is 5.93. The normalized spacial score (nSPS) is 11.8. The highest BCUT2D eigenvalue weighted by atomic mass is 16.5. The number of nitrogens with one attached hydrogen (secondary N) is 2. The van der Waals surface area contributed by atoms with Gasteiger partial charge < -0.3 is 29.9 Å². The van der Waals surface area contributed by atoms with Crippen LogP contribution in [0.15, 0.2) is 133 Å². The number of benzene rings is 5. The molecule has 10 heteroatoms. The molecular weight excluding hydrogens is 681 g/mol. The quantitative estimate of drug-likeness (QED) is 0.137. The topological polar surface area (TPSA) is 117 Å². The summed E-state index contributed by atoms with van der Waals surface area (Å²) in [4.78, 5) is 58.1. The average molecular weight is 727 g/mol. The van der Waals surface area contributed by atoms with Gasteiger partial charge in [-0.1, -0.05) is 84.9 Å². The second-order valence-corrected chi connectivity index (χ2v) is 12.9. The van der Waals surface area contributed by atoms with E-state index in [2.05, 4.69) is 10.6 Å². The third-order valence-corrected chi connectivity index (χ3v) is 9.23. The lowest BCUT2D eigenvalue weighted by Gasteiger charge is -2.26. The Labute approximate surface area is 316 Å². The highest BCUT2D eigenvalue weighted by molar-refractivity contribution is 6.00. The molecule has 2 N–H and O–H groups in total. The number of carbonyl (C=O) groups is 4. The number of hydrogen-bond acceptors (Lipinski definition) is 6. The van der Waals surface area contributed by atoms with E-state index in [0.717, 1.165) is 11.1 Å². The van der Waals surface area contributed by atoms with Crippen LogP contribution >= 0.6 is 0 Å². The standard InChI is InChI=1S/C44H46N4O6/c1-47(35-19-23-37(53-3)24-20-35)43(51)39(27-31-13-7-5-8-14-31)45-41(49)29-33-17-11-12-18-34(33)30-42(50)46-40(28-32-15-9-6-10-16-32)44(52)48(2)36-21-25-38(54-4)26-22-36/h5-26,39-40H,27-30H2,1-4H3,(H,45,49)(H,46,50)/t39-,40-/m0/s1. The fourth-order valence-corrected chi connectivity index (χ4v) is 6.17. The van der Waals surface area contributed by atoms with Crippen molar-refractivity contribution in [3.05, 3.63) is 156 Å². The fraction of sp³-hybridized carbons (Fsp3) is 0.227. The molecule has 0 unspecified atom stereocenters. The molecule has 0 bridgehead atoms. The zero-order valence-electron chi connectivity index (χ0n) is 31.0. The van der Waals surface area contributed by atoms with Crippen LogP contribution < -0.4 is 29.9 Å². The molecule has 0 saturated heterocycles. The van der Waals surface area contributed by atoms with Crippen LogP contribution in [-0.4, -0.2) is 64.0 Å². The number of ether oxygens (including phenoxy) is 2. The Morgan fingerprint density at radius 3 is 1.17 bits per heavy atom. The van der Waals surface area contributed by atoms with Gasteiger partial charge in [0.2, 0.25) is 23.6 Å². The lowest BCUT2D eigenvalue weighted by molar-refractivity contribution is -0.127. The fourth-order valence-electron chi connectivity index (χ4n) is 6.17. The first-order chi connectivity index (χ1) is 26.1. The van der Waals surface area contributed by atoms with Crippen molar-refractivity contribution >= 4 is 35.0 Å². The maximum atomic E-state index is 13.8. The SMILES string of the molecule is COc1ccc(N(C)C(=O)[C@H](Cc2ccccc2)NC(=O)Cc2ccccc2CC(=O)N[C@@H](Cc2ccccc2)C(=O)N(C)c2ccc(OC)cc2)cc1. The van der Waals surface area contributed by atoms with E-state index < -0.39 is 12.1 Å². The van der Waals surface area contributed by atoms with E-state index in [-0.39, 0.29) is 49.3 Å². The highest BCUT2D eigenvalue weighted by Crippen LogP contribution is 2.21. The number of anilines is 2. The van der Waals surface area contributed by atoms with Gasteiger partial charge >= 0.3 is 0 Å². The number of amides is 4. The Hall–Kier alpha value is -6.42. The summed E-state index contributed by atoms with van der Waals surface area (Å²) < 4.78 is 10.5. The van der Waals surface area contributed by atoms with Crippen molar-refractivity contribution in [2.24, 2.45) is 0 Å². The minimum Gasteiger partial charge on any atom is -0.497 e. The summed E-state index contributed by atoms with van der Waals surface area (Å²) in [5.41, 5.74) is 4.39. The Bertz CT molecular complexity index is 1860. The van der Waals surface area contributed by atoms with Gasteiger partial charge in [-0.05, 0) is 70.8 Å². The summed E-state index contributed by atoms with van der Waals surface area (Å²) in [7, 11) is 6.50. The first kappa shape index (κ1) is 38.8. The van der Waals surface area contributed by atoms with E-state index in [1.54, 1.807) is 101 Å². The molecule has 5 rings (SSSR count). The van der Waals surface area contributed by atoms with Gasteiger partial charge in [-0.3, -0.25) is 19.2 Å². The number of nitrogens with zero attached hydrogens (tertiary/aromatic N) is 2. The van der Waals surface area contributed by atoms with Crippen LogP contribution in [0.5, 0.6) is 11.5 Å². The van der Waals surface area contributed by atoms with Crippen molar-refractivity contribution < 1.29 is 28.7 Å². The second kappa shape index (κ2) is 18.9. The predicted molar refractivity (Wildman–Crippen MR) is 211 cm³/mol. The van der Waals surface area contributed by atoms with E-state index in [9.17, 15) is 19.2 Å². The van der Waals surface area contributed by atoms with Gasteiger partial charge in [-0.25, -0.2) is 0 Å². The molecule has 278 valence electrons. The molecule has 0 radical (unpaired) electrons. The monoisotopic (exact) mass is 726 g/mol. The van der Waals surface area contributed by atoms with Crippen LogP contribution in [0.2, 0.25) is 0 Å². The van der Waals surface area contributed by atoms with Crippen LogP contribution in [0.3, 0.4) is 0 Å². The maximum absolute atomic E-state index is 13.8. The molecule has 0 aliphatic heterocycles. The van der Waals surface area contributed by atoms with Gasteiger partial charge in [0, 0.05) is 38.3 Å². The number of rotatable bonds is 16. The predicted octanol–water partition coefficient (Wildman–Crippen LogP) is 5.57. The van der Waals surface area contributed by atoms with Crippen molar-refractivity contribution in [3.8, 4) is 11.5 Å². The molecular formula is C44H46N4O6. The van der Waals surface area contributed by atoms with Gasteiger partial charge in [0.05, 0.1) is 27.1 Å². The van der Waals surface area contributed by atoms with Crippen molar-refractivity contribution in [1.29, 1.82) is 0 Å². The third-order valence-electron chi connectivity index (χ3n) is 9.23. The summed E-state index contributed by atoms with van der Waals surface area (Å²) in [5.74, 6) is 0.0511. The summed E-state index contributed by atoms with van der Waals surface area (Å²) in [6, 6.07) is 38.8. The number of hydrogen-bond donors (Lipinski definition) is 2. The smallest absolute Gasteiger partial charge is 0.249 e. The van der Waals surface area contributed by atoms with Gasteiger partial charge in [0.15, 0.2) is 0 Å². The molecule has 0 aromatic heterocycles.